The summed E-state index contributed by atoms with van der Waals surface area (Å²) >= 11 is 6.84. The van der Waals surface area contributed by atoms with Crippen LogP contribution in [0, 0.1) is 12.3 Å². The van der Waals surface area contributed by atoms with Crippen molar-refractivity contribution in [3.8, 4) is 12.3 Å². The number of carbonyl (C=O) groups is 1. The van der Waals surface area contributed by atoms with E-state index in [9.17, 15) is 4.79 Å². The average molecular weight is 338 g/mol. The van der Waals surface area contributed by atoms with Crippen LogP contribution in [-0.2, 0) is 11.2 Å². The van der Waals surface area contributed by atoms with Crippen LogP contribution < -0.4 is 10.6 Å². The van der Waals surface area contributed by atoms with Crippen molar-refractivity contribution in [1.29, 1.82) is 0 Å². The Morgan fingerprint density at radius 3 is 2.55 bits per heavy atom. The monoisotopic (exact) mass is 338 g/mol. The second kappa shape index (κ2) is 8.16. The van der Waals surface area contributed by atoms with E-state index in [-0.39, 0.29) is 5.97 Å². The van der Waals surface area contributed by atoms with Gasteiger partial charge in [0.1, 0.15) is 5.00 Å². The fourth-order valence-electron chi connectivity index (χ4n) is 1.99. The van der Waals surface area contributed by atoms with Gasteiger partial charge in [-0.15, -0.1) is 17.8 Å². The molecule has 1 rings (SSSR count). The summed E-state index contributed by atoms with van der Waals surface area (Å²) in [6.45, 7) is 6.06. The standard InChI is InChI=1S/C16H22N2O2S2/c1-6-11-10-12(14(19)20-5)13(22-11)17-15(21)18-16(7-2,8-3)9-4/h2,10H,6,8-9H2,1,3-5H3,(H2,17,18,21). The zero-order valence-electron chi connectivity index (χ0n) is 13.4. The van der Waals surface area contributed by atoms with Crippen LogP contribution in [-0.4, -0.2) is 23.7 Å². The van der Waals surface area contributed by atoms with E-state index in [1.54, 1.807) is 0 Å². The summed E-state index contributed by atoms with van der Waals surface area (Å²) in [6.07, 6.45) is 7.99. The van der Waals surface area contributed by atoms with Crippen molar-refractivity contribution >= 4 is 39.6 Å². The molecule has 120 valence electrons. The minimum Gasteiger partial charge on any atom is -0.465 e. The second-order valence-electron chi connectivity index (χ2n) is 4.81. The Morgan fingerprint density at radius 1 is 1.45 bits per heavy atom. The highest BCUT2D eigenvalue weighted by atomic mass is 32.1. The first-order valence-corrected chi connectivity index (χ1v) is 8.45. The molecule has 0 aliphatic carbocycles. The van der Waals surface area contributed by atoms with Crippen LogP contribution in [0.25, 0.3) is 0 Å². The van der Waals surface area contributed by atoms with Crippen LogP contribution in [0.3, 0.4) is 0 Å². The van der Waals surface area contributed by atoms with Crippen molar-refractivity contribution in [2.24, 2.45) is 0 Å². The third kappa shape index (κ3) is 4.21. The number of methoxy groups -OCH3 is 1. The van der Waals surface area contributed by atoms with E-state index in [0.29, 0.717) is 15.7 Å². The van der Waals surface area contributed by atoms with Gasteiger partial charge in [-0.2, -0.15) is 0 Å². The van der Waals surface area contributed by atoms with Crippen molar-refractivity contribution < 1.29 is 9.53 Å². The molecule has 0 aliphatic rings. The van der Waals surface area contributed by atoms with Gasteiger partial charge in [-0.25, -0.2) is 4.79 Å². The summed E-state index contributed by atoms with van der Waals surface area (Å²) < 4.78 is 4.81. The van der Waals surface area contributed by atoms with E-state index in [1.165, 1.54) is 18.4 Å². The first-order chi connectivity index (χ1) is 10.4. The summed E-state index contributed by atoms with van der Waals surface area (Å²) in [5, 5.41) is 7.35. The molecule has 4 nitrogen and oxygen atoms in total. The molecule has 0 radical (unpaired) electrons. The topological polar surface area (TPSA) is 50.4 Å². The van der Waals surface area contributed by atoms with E-state index >= 15 is 0 Å². The first-order valence-electron chi connectivity index (χ1n) is 7.23. The Hall–Kier alpha value is -1.58. The molecular weight excluding hydrogens is 316 g/mol. The normalized spacial score (nSPS) is 10.7. The van der Waals surface area contributed by atoms with Gasteiger partial charge in [0, 0.05) is 4.88 Å². The number of thiophene rings is 1. The molecule has 1 aromatic rings. The molecule has 1 heterocycles. The van der Waals surface area contributed by atoms with Crippen LogP contribution in [0.2, 0.25) is 0 Å². The fraction of sp³-hybridized carbons (Fsp3) is 0.500. The third-order valence-corrected chi connectivity index (χ3v) is 5.00. The summed E-state index contributed by atoms with van der Waals surface area (Å²) in [5.41, 5.74) is 0.0215. The number of hydrogen-bond acceptors (Lipinski definition) is 4. The lowest BCUT2D eigenvalue weighted by molar-refractivity contribution is 0.0602. The van der Waals surface area contributed by atoms with Crippen LogP contribution in [0.1, 0.15) is 48.8 Å². The number of esters is 1. The molecule has 0 bridgehead atoms. The maximum atomic E-state index is 11.8. The average Bonchev–Trinajstić information content (AvgIpc) is 2.94. The smallest absolute Gasteiger partial charge is 0.340 e. The molecule has 0 fully saturated rings. The molecule has 0 saturated heterocycles. The van der Waals surface area contributed by atoms with E-state index in [0.717, 1.165) is 24.1 Å². The number of hydrogen-bond donors (Lipinski definition) is 2. The van der Waals surface area contributed by atoms with Gasteiger partial charge in [0.2, 0.25) is 0 Å². The van der Waals surface area contributed by atoms with E-state index in [1.807, 2.05) is 26.8 Å². The Bertz CT molecular complexity index is 583. The second-order valence-corrected chi connectivity index (χ2v) is 6.36. The van der Waals surface area contributed by atoms with Gasteiger partial charge in [-0.1, -0.05) is 26.7 Å². The molecule has 0 saturated carbocycles. The highest BCUT2D eigenvalue weighted by Gasteiger charge is 2.25. The molecule has 0 amide bonds. The lowest BCUT2D eigenvalue weighted by Gasteiger charge is -2.28. The lowest BCUT2D eigenvalue weighted by atomic mass is 9.94. The first kappa shape index (κ1) is 18.5. The SMILES string of the molecule is C#CC(CC)(CC)NC(=S)Nc1sc(CC)cc1C(=O)OC. The Labute approximate surface area is 141 Å². The number of thiocarbonyl (C=S) groups is 1. The number of anilines is 1. The minimum atomic E-state index is -0.472. The summed E-state index contributed by atoms with van der Waals surface area (Å²) in [4.78, 5) is 12.9. The largest absolute Gasteiger partial charge is 0.465 e. The van der Waals surface area contributed by atoms with Gasteiger partial charge in [0.15, 0.2) is 5.11 Å². The zero-order valence-corrected chi connectivity index (χ0v) is 15.0. The summed E-state index contributed by atoms with van der Waals surface area (Å²) in [5.74, 6) is 2.39. The van der Waals surface area contributed by atoms with Gasteiger partial charge in [0.05, 0.1) is 18.2 Å². The molecule has 22 heavy (non-hydrogen) atoms. The zero-order chi connectivity index (χ0) is 16.8. The van der Waals surface area contributed by atoms with Crippen LogP contribution in [0.4, 0.5) is 5.00 Å². The lowest BCUT2D eigenvalue weighted by Crippen LogP contribution is -2.48. The van der Waals surface area contributed by atoms with Gasteiger partial charge in [0.25, 0.3) is 0 Å². The quantitative estimate of drug-likeness (QED) is 0.472. The molecule has 1 aromatic heterocycles. The molecule has 0 aliphatic heterocycles. The Balaban J connectivity index is 2.95. The number of ether oxygens (including phenoxy) is 1. The molecule has 6 heteroatoms. The van der Waals surface area contributed by atoms with Gasteiger partial charge >= 0.3 is 5.97 Å². The van der Waals surface area contributed by atoms with Crippen LogP contribution in [0.15, 0.2) is 6.07 Å². The predicted molar refractivity (Wildman–Crippen MR) is 96.5 cm³/mol. The van der Waals surface area contributed by atoms with Crippen molar-refractivity contribution in [3.05, 3.63) is 16.5 Å². The number of terminal acetylenes is 1. The van der Waals surface area contributed by atoms with Crippen molar-refractivity contribution in [1.82, 2.24) is 5.32 Å². The number of nitrogens with one attached hydrogen (secondary N) is 2. The number of rotatable bonds is 6. The molecule has 0 aromatic carbocycles. The van der Waals surface area contributed by atoms with Crippen molar-refractivity contribution in [3.63, 3.8) is 0 Å². The molecule has 2 N–H and O–H groups in total. The van der Waals surface area contributed by atoms with Crippen LogP contribution in [0.5, 0.6) is 0 Å². The highest BCUT2D eigenvalue weighted by molar-refractivity contribution is 7.80. The number of aryl methyl sites for hydroxylation is 1. The summed E-state index contributed by atoms with van der Waals surface area (Å²) in [7, 11) is 1.36. The van der Waals surface area contributed by atoms with Crippen molar-refractivity contribution in [2.75, 3.05) is 12.4 Å². The van der Waals surface area contributed by atoms with Gasteiger partial charge < -0.3 is 15.4 Å². The predicted octanol–water partition coefficient (Wildman–Crippen LogP) is 3.58. The van der Waals surface area contributed by atoms with Gasteiger partial charge in [-0.05, 0) is 37.5 Å². The van der Waals surface area contributed by atoms with Gasteiger partial charge in [-0.3, -0.25) is 0 Å². The summed E-state index contributed by atoms with van der Waals surface area (Å²) in [6, 6.07) is 1.83. The Kier molecular flexibility index (Phi) is 6.85. The number of carbonyl (C=O) groups excluding carboxylic acids is 1. The third-order valence-electron chi connectivity index (χ3n) is 3.60. The molecule has 0 unspecified atom stereocenters. The molecular formula is C16H22N2O2S2. The van der Waals surface area contributed by atoms with E-state index in [2.05, 4.69) is 16.6 Å². The van der Waals surface area contributed by atoms with Crippen LogP contribution >= 0.6 is 23.6 Å². The molecule has 0 atom stereocenters. The maximum Gasteiger partial charge on any atom is 0.340 e. The molecule has 0 spiro atoms. The highest BCUT2D eigenvalue weighted by Crippen LogP contribution is 2.29. The van der Waals surface area contributed by atoms with E-state index in [4.69, 9.17) is 23.4 Å². The van der Waals surface area contributed by atoms with Crippen molar-refractivity contribution in [2.45, 2.75) is 45.6 Å². The van der Waals surface area contributed by atoms with E-state index < -0.39 is 5.54 Å². The fourth-order valence-corrected chi connectivity index (χ4v) is 3.34. The minimum absolute atomic E-state index is 0.379. The Morgan fingerprint density at radius 2 is 2.09 bits per heavy atom. The maximum absolute atomic E-state index is 11.8.